The highest BCUT2D eigenvalue weighted by molar-refractivity contribution is 9.10. The maximum atomic E-state index is 6.25. The number of ether oxygens (including phenoxy) is 2. The fraction of sp³-hybridized carbons (Fsp3) is 0.571. The van der Waals surface area contributed by atoms with Crippen LogP contribution >= 0.6 is 15.9 Å². The van der Waals surface area contributed by atoms with Gasteiger partial charge in [-0.15, -0.1) is 0 Å². The van der Waals surface area contributed by atoms with E-state index in [9.17, 15) is 0 Å². The van der Waals surface area contributed by atoms with Crippen LogP contribution in [0, 0.1) is 0 Å². The number of hydrogen-bond donors (Lipinski definition) is 1. The maximum absolute atomic E-state index is 6.25. The van der Waals surface area contributed by atoms with E-state index in [0.29, 0.717) is 19.1 Å². The van der Waals surface area contributed by atoms with E-state index >= 15 is 0 Å². The van der Waals surface area contributed by atoms with Crippen LogP contribution in [0.15, 0.2) is 22.7 Å². The topological polar surface area (TPSA) is 44.5 Å². The van der Waals surface area contributed by atoms with Gasteiger partial charge in [0.2, 0.25) is 0 Å². The Balaban J connectivity index is 1.96. The van der Waals surface area contributed by atoms with Gasteiger partial charge in [-0.05, 0) is 49.6 Å². The van der Waals surface area contributed by atoms with Crippen molar-refractivity contribution < 1.29 is 9.47 Å². The molecule has 3 rings (SSSR count). The van der Waals surface area contributed by atoms with E-state index in [1.165, 1.54) is 5.56 Å². The molecule has 1 fully saturated rings. The van der Waals surface area contributed by atoms with E-state index in [0.717, 1.165) is 36.1 Å². The Morgan fingerprint density at radius 1 is 1.44 bits per heavy atom. The first kappa shape index (κ1) is 12.5. The van der Waals surface area contributed by atoms with Crippen molar-refractivity contribution in [2.75, 3.05) is 19.8 Å². The molecule has 0 saturated carbocycles. The fourth-order valence-corrected chi connectivity index (χ4v) is 3.42. The summed E-state index contributed by atoms with van der Waals surface area (Å²) < 4.78 is 12.9. The molecule has 0 aromatic heterocycles. The molecule has 3 nitrogen and oxygen atoms in total. The van der Waals surface area contributed by atoms with Crippen LogP contribution in [0.3, 0.4) is 0 Å². The highest BCUT2D eigenvalue weighted by Gasteiger charge is 2.42. The molecule has 0 amide bonds. The smallest absolute Gasteiger partial charge is 0.133 e. The minimum atomic E-state index is -0.150. The second-order valence-electron chi connectivity index (χ2n) is 5.26. The number of rotatable bonds is 1. The minimum absolute atomic E-state index is 0.150. The van der Waals surface area contributed by atoms with Gasteiger partial charge in [-0.1, -0.05) is 15.9 Å². The molecule has 2 aliphatic rings. The molecular weight excluding hydrogens is 294 g/mol. The van der Waals surface area contributed by atoms with Crippen molar-refractivity contribution in [3.8, 4) is 5.75 Å². The van der Waals surface area contributed by atoms with Gasteiger partial charge >= 0.3 is 0 Å². The Hall–Kier alpha value is -0.580. The quantitative estimate of drug-likeness (QED) is 0.867. The number of fused-ring (bicyclic) bond motifs is 1. The maximum Gasteiger partial charge on any atom is 0.133 e. The van der Waals surface area contributed by atoms with E-state index in [-0.39, 0.29) is 5.60 Å². The van der Waals surface area contributed by atoms with Crippen molar-refractivity contribution in [3.63, 3.8) is 0 Å². The second kappa shape index (κ2) is 4.83. The van der Waals surface area contributed by atoms with E-state index in [1.807, 2.05) is 12.1 Å². The second-order valence-corrected chi connectivity index (χ2v) is 6.18. The summed E-state index contributed by atoms with van der Waals surface area (Å²) >= 11 is 3.51. The summed E-state index contributed by atoms with van der Waals surface area (Å²) in [6, 6.07) is 6.19. The highest BCUT2D eigenvalue weighted by Crippen LogP contribution is 2.44. The Kier molecular flexibility index (Phi) is 3.34. The summed E-state index contributed by atoms with van der Waals surface area (Å²) in [6.45, 7) is 2.21. The van der Waals surface area contributed by atoms with Gasteiger partial charge in [0.05, 0.1) is 6.61 Å². The number of halogens is 1. The Morgan fingerprint density at radius 3 is 3.06 bits per heavy atom. The molecule has 0 bridgehead atoms. The van der Waals surface area contributed by atoms with Gasteiger partial charge in [-0.2, -0.15) is 0 Å². The van der Waals surface area contributed by atoms with Crippen LogP contribution in [0.2, 0.25) is 0 Å². The summed E-state index contributed by atoms with van der Waals surface area (Å²) in [6.07, 6.45) is 3.11. The predicted molar refractivity (Wildman–Crippen MR) is 74.0 cm³/mol. The van der Waals surface area contributed by atoms with Gasteiger partial charge in [0.1, 0.15) is 11.4 Å². The molecule has 1 aromatic carbocycles. The van der Waals surface area contributed by atoms with Crippen LogP contribution in [0.1, 0.15) is 30.7 Å². The molecule has 2 atom stereocenters. The van der Waals surface area contributed by atoms with Gasteiger partial charge in [0.25, 0.3) is 0 Å². The molecule has 18 heavy (non-hydrogen) atoms. The third-order valence-corrected chi connectivity index (χ3v) is 4.42. The van der Waals surface area contributed by atoms with Gasteiger partial charge in [-0.3, -0.25) is 0 Å². The summed E-state index contributed by atoms with van der Waals surface area (Å²) in [7, 11) is 0. The van der Waals surface area contributed by atoms with Crippen LogP contribution in [-0.2, 0) is 4.74 Å². The zero-order chi connectivity index (χ0) is 12.6. The summed E-state index contributed by atoms with van der Waals surface area (Å²) in [5.41, 5.74) is 7.02. The average molecular weight is 312 g/mol. The zero-order valence-electron chi connectivity index (χ0n) is 10.3. The van der Waals surface area contributed by atoms with Gasteiger partial charge < -0.3 is 15.2 Å². The average Bonchev–Trinajstić information content (AvgIpc) is 2.39. The normalized spacial score (nSPS) is 30.9. The molecular formula is C14H18BrNO2. The molecule has 0 radical (unpaired) electrons. The number of hydrogen-bond acceptors (Lipinski definition) is 3. The molecule has 1 spiro atoms. The van der Waals surface area contributed by atoms with Crippen LogP contribution < -0.4 is 10.5 Å². The Bertz CT molecular complexity index is 443. The lowest BCUT2D eigenvalue weighted by Crippen LogP contribution is -2.48. The standard InChI is InChI=1S/C14H18BrNO2/c15-11-2-3-13-12(6-11)10(8-16)7-14(18-13)4-1-5-17-9-14/h2-3,6,10H,1,4-5,7-9,16H2. The monoisotopic (exact) mass is 311 g/mol. The van der Waals surface area contributed by atoms with Crippen LogP contribution in [0.5, 0.6) is 5.75 Å². The fourth-order valence-electron chi connectivity index (χ4n) is 3.04. The third kappa shape index (κ3) is 2.17. The number of benzene rings is 1. The van der Waals surface area contributed by atoms with Crippen molar-refractivity contribution in [2.24, 2.45) is 5.73 Å². The lowest BCUT2D eigenvalue weighted by atomic mass is 9.80. The molecule has 1 saturated heterocycles. The minimum Gasteiger partial charge on any atom is -0.485 e. The van der Waals surface area contributed by atoms with Crippen LogP contribution in [0.25, 0.3) is 0 Å². The highest BCUT2D eigenvalue weighted by atomic mass is 79.9. The van der Waals surface area contributed by atoms with Crippen molar-refractivity contribution >= 4 is 15.9 Å². The van der Waals surface area contributed by atoms with Crippen LogP contribution in [0.4, 0.5) is 0 Å². The molecule has 1 aromatic rings. The Labute approximate surface area is 116 Å². The Morgan fingerprint density at radius 2 is 2.33 bits per heavy atom. The largest absolute Gasteiger partial charge is 0.485 e. The lowest BCUT2D eigenvalue weighted by molar-refractivity contribution is -0.0831. The lowest BCUT2D eigenvalue weighted by Gasteiger charge is -2.44. The summed E-state index contributed by atoms with van der Waals surface area (Å²) in [4.78, 5) is 0. The zero-order valence-corrected chi connectivity index (χ0v) is 11.9. The summed E-state index contributed by atoms with van der Waals surface area (Å²) in [5.74, 6) is 1.35. The first-order valence-electron chi connectivity index (χ1n) is 6.49. The van der Waals surface area contributed by atoms with Gasteiger partial charge in [-0.25, -0.2) is 0 Å². The first-order valence-corrected chi connectivity index (χ1v) is 7.28. The predicted octanol–water partition coefficient (Wildman–Crippen LogP) is 2.82. The molecule has 2 unspecified atom stereocenters. The van der Waals surface area contributed by atoms with E-state index < -0.39 is 0 Å². The number of nitrogens with two attached hydrogens (primary N) is 1. The van der Waals surface area contributed by atoms with Gasteiger partial charge in [0.15, 0.2) is 0 Å². The molecule has 4 heteroatoms. The molecule has 98 valence electrons. The molecule has 0 aliphatic carbocycles. The van der Waals surface area contributed by atoms with E-state index in [2.05, 4.69) is 22.0 Å². The van der Waals surface area contributed by atoms with Crippen molar-refractivity contribution in [1.82, 2.24) is 0 Å². The van der Waals surface area contributed by atoms with Crippen molar-refractivity contribution in [2.45, 2.75) is 30.8 Å². The van der Waals surface area contributed by atoms with Crippen molar-refractivity contribution in [3.05, 3.63) is 28.2 Å². The van der Waals surface area contributed by atoms with Crippen LogP contribution in [-0.4, -0.2) is 25.4 Å². The first-order chi connectivity index (χ1) is 8.72. The molecule has 2 heterocycles. The van der Waals surface area contributed by atoms with Gasteiger partial charge in [0, 0.05) is 17.0 Å². The molecule has 2 aliphatic heterocycles. The summed E-state index contributed by atoms with van der Waals surface area (Å²) in [5, 5.41) is 0. The van der Waals surface area contributed by atoms with E-state index in [1.54, 1.807) is 0 Å². The SMILES string of the molecule is NCC1CC2(CCCOC2)Oc2ccc(Br)cc21. The molecule has 2 N–H and O–H groups in total. The van der Waals surface area contributed by atoms with E-state index in [4.69, 9.17) is 15.2 Å². The third-order valence-electron chi connectivity index (χ3n) is 3.93. The van der Waals surface area contributed by atoms with Crippen molar-refractivity contribution in [1.29, 1.82) is 0 Å².